The van der Waals surface area contributed by atoms with Crippen LogP contribution in [0.15, 0.2) is 54.6 Å². The fourth-order valence-corrected chi connectivity index (χ4v) is 4.12. The third-order valence-electron chi connectivity index (χ3n) is 5.61. The highest BCUT2D eigenvalue weighted by atomic mass is 19.1. The van der Waals surface area contributed by atoms with Crippen molar-refractivity contribution in [2.75, 3.05) is 11.4 Å². The number of nitrogens with zero attached hydrogens (tertiary/aromatic N) is 2. The summed E-state index contributed by atoms with van der Waals surface area (Å²) in [6.45, 7) is 7.50. The molecule has 2 aromatic carbocycles. The van der Waals surface area contributed by atoms with Crippen LogP contribution >= 0.6 is 0 Å². The number of anilines is 1. The third-order valence-corrected chi connectivity index (χ3v) is 5.61. The lowest BCUT2D eigenvalue weighted by atomic mass is 9.78. The van der Waals surface area contributed by atoms with Crippen molar-refractivity contribution in [3.63, 3.8) is 0 Å². The van der Waals surface area contributed by atoms with Crippen molar-refractivity contribution in [3.05, 3.63) is 66.0 Å². The average molecular weight is 384 g/mol. The normalized spacial score (nSPS) is 20.1. The van der Waals surface area contributed by atoms with Crippen LogP contribution in [0.4, 0.5) is 14.9 Å². The Morgan fingerprint density at radius 2 is 1.79 bits per heavy atom. The fourth-order valence-electron chi connectivity index (χ4n) is 4.12. The first kappa shape index (κ1) is 20.2. The van der Waals surface area contributed by atoms with Gasteiger partial charge < -0.3 is 14.9 Å². The molecular weight excluding hydrogens is 355 g/mol. The lowest BCUT2D eigenvalue weighted by molar-refractivity contribution is 0.0520. The lowest BCUT2D eigenvalue weighted by Crippen LogP contribution is -2.56. The minimum Gasteiger partial charge on any atom is -0.465 e. The van der Waals surface area contributed by atoms with Crippen LogP contribution in [-0.2, 0) is 6.54 Å². The highest BCUT2D eigenvalue weighted by Crippen LogP contribution is 2.36. The molecule has 0 bridgehead atoms. The third kappa shape index (κ3) is 4.64. The van der Waals surface area contributed by atoms with E-state index in [4.69, 9.17) is 0 Å². The van der Waals surface area contributed by atoms with E-state index in [0.717, 1.165) is 18.5 Å². The summed E-state index contributed by atoms with van der Waals surface area (Å²) < 4.78 is 13.5. The van der Waals surface area contributed by atoms with Crippen LogP contribution in [0.3, 0.4) is 0 Å². The maximum atomic E-state index is 13.5. The van der Waals surface area contributed by atoms with Gasteiger partial charge in [0.2, 0.25) is 0 Å². The molecule has 0 radical (unpaired) electrons. The smallest absolute Gasteiger partial charge is 0.407 e. The summed E-state index contributed by atoms with van der Waals surface area (Å²) in [4.78, 5) is 15.6. The van der Waals surface area contributed by atoms with E-state index in [-0.39, 0.29) is 23.3 Å². The Kier molecular flexibility index (Phi) is 5.92. The van der Waals surface area contributed by atoms with Crippen LogP contribution in [-0.4, -0.2) is 34.7 Å². The van der Waals surface area contributed by atoms with Gasteiger partial charge in [-0.2, -0.15) is 0 Å². The molecule has 0 saturated carbocycles. The zero-order chi connectivity index (χ0) is 20.3. The molecule has 1 N–H and O–H groups in total. The molecule has 28 heavy (non-hydrogen) atoms. The molecular formula is C23H29FN2O2. The Labute approximate surface area is 166 Å². The van der Waals surface area contributed by atoms with Gasteiger partial charge in [0, 0.05) is 30.9 Å². The molecule has 5 heteroatoms. The predicted molar refractivity (Wildman–Crippen MR) is 110 cm³/mol. The predicted octanol–water partition coefficient (Wildman–Crippen LogP) is 5.39. The van der Waals surface area contributed by atoms with Crippen molar-refractivity contribution in [3.8, 4) is 0 Å². The number of likely N-dealkylation sites (tertiary alicyclic amines) is 1. The minimum atomic E-state index is -0.852. The van der Waals surface area contributed by atoms with Crippen molar-refractivity contribution >= 4 is 11.8 Å². The Morgan fingerprint density at radius 3 is 2.36 bits per heavy atom. The molecule has 2 atom stereocenters. The number of carboxylic acid groups (broad SMARTS) is 1. The molecule has 0 aliphatic carbocycles. The molecule has 150 valence electrons. The Balaban J connectivity index is 1.91. The maximum absolute atomic E-state index is 13.5. The standard InChI is InChI=1S/C23H29FN2O2/c1-23(2,3)21-15-20(13-14-25(21)22(27)28)26(16-17-7-5-4-6-8-17)19-11-9-18(24)10-12-19/h4-12,20-21H,13-16H2,1-3H3,(H,27,28). The summed E-state index contributed by atoms with van der Waals surface area (Å²) in [5, 5.41) is 9.65. The van der Waals surface area contributed by atoms with Gasteiger partial charge in [0.15, 0.2) is 0 Å². The number of amides is 1. The molecule has 1 heterocycles. The Bertz CT molecular complexity index is 786. The highest BCUT2D eigenvalue weighted by Gasteiger charge is 2.40. The molecule has 1 fully saturated rings. The molecule has 2 unspecified atom stereocenters. The number of carbonyl (C=O) groups is 1. The van der Waals surface area contributed by atoms with Gasteiger partial charge in [-0.25, -0.2) is 9.18 Å². The highest BCUT2D eigenvalue weighted by molar-refractivity contribution is 5.66. The van der Waals surface area contributed by atoms with Gasteiger partial charge in [0.1, 0.15) is 5.82 Å². The second kappa shape index (κ2) is 8.21. The molecule has 4 nitrogen and oxygen atoms in total. The van der Waals surface area contributed by atoms with Crippen molar-refractivity contribution < 1.29 is 14.3 Å². The quantitative estimate of drug-likeness (QED) is 0.769. The first-order chi connectivity index (χ1) is 13.3. The molecule has 0 spiro atoms. The van der Waals surface area contributed by atoms with Crippen LogP contribution in [0, 0.1) is 11.2 Å². The SMILES string of the molecule is CC(C)(C)C1CC(N(Cc2ccccc2)c2ccc(F)cc2)CCN1C(=O)O. The second-order valence-electron chi connectivity index (χ2n) is 8.63. The molecule has 1 amide bonds. The van der Waals surface area contributed by atoms with Gasteiger partial charge in [0.25, 0.3) is 0 Å². The molecule has 3 rings (SSSR count). The van der Waals surface area contributed by atoms with Gasteiger partial charge in [0.05, 0.1) is 0 Å². The summed E-state index contributed by atoms with van der Waals surface area (Å²) in [7, 11) is 0. The van der Waals surface area contributed by atoms with E-state index in [1.807, 2.05) is 30.3 Å². The molecule has 1 aliphatic rings. The molecule has 2 aromatic rings. The zero-order valence-electron chi connectivity index (χ0n) is 16.8. The first-order valence-electron chi connectivity index (χ1n) is 9.81. The Morgan fingerprint density at radius 1 is 1.14 bits per heavy atom. The summed E-state index contributed by atoms with van der Waals surface area (Å²) >= 11 is 0. The van der Waals surface area contributed by atoms with Crippen molar-refractivity contribution in [2.45, 2.75) is 52.2 Å². The number of rotatable bonds is 4. The maximum Gasteiger partial charge on any atom is 0.407 e. The van der Waals surface area contributed by atoms with Gasteiger partial charge >= 0.3 is 6.09 Å². The number of hydrogen-bond donors (Lipinski definition) is 1. The van der Waals surface area contributed by atoms with E-state index in [1.54, 1.807) is 4.90 Å². The fraction of sp³-hybridized carbons (Fsp3) is 0.435. The lowest BCUT2D eigenvalue weighted by Gasteiger charge is -2.48. The van der Waals surface area contributed by atoms with Crippen molar-refractivity contribution in [1.82, 2.24) is 4.90 Å². The number of benzene rings is 2. The van der Waals surface area contributed by atoms with Gasteiger partial charge in [-0.1, -0.05) is 51.1 Å². The first-order valence-corrected chi connectivity index (χ1v) is 9.81. The number of piperidine rings is 1. The summed E-state index contributed by atoms with van der Waals surface area (Å²) in [5.41, 5.74) is 1.99. The van der Waals surface area contributed by atoms with Crippen molar-refractivity contribution in [2.24, 2.45) is 5.41 Å². The van der Waals surface area contributed by atoms with Crippen LogP contribution in [0.25, 0.3) is 0 Å². The molecule has 0 aromatic heterocycles. The van der Waals surface area contributed by atoms with Gasteiger partial charge in [-0.3, -0.25) is 0 Å². The summed E-state index contributed by atoms with van der Waals surface area (Å²) in [6, 6.07) is 16.9. The van der Waals surface area contributed by atoms with E-state index in [1.165, 1.54) is 17.7 Å². The van der Waals surface area contributed by atoms with E-state index >= 15 is 0 Å². The van der Waals surface area contributed by atoms with Crippen LogP contribution < -0.4 is 4.90 Å². The van der Waals surface area contributed by atoms with E-state index < -0.39 is 6.09 Å². The molecule has 1 saturated heterocycles. The molecule has 1 aliphatic heterocycles. The topological polar surface area (TPSA) is 43.8 Å². The van der Waals surface area contributed by atoms with Crippen molar-refractivity contribution in [1.29, 1.82) is 0 Å². The summed E-state index contributed by atoms with van der Waals surface area (Å²) in [5.74, 6) is -0.253. The minimum absolute atomic E-state index is 0.0672. The summed E-state index contributed by atoms with van der Waals surface area (Å²) in [6.07, 6.45) is 0.651. The van der Waals surface area contributed by atoms with Gasteiger partial charge in [-0.15, -0.1) is 0 Å². The average Bonchev–Trinajstić information content (AvgIpc) is 2.66. The van der Waals surface area contributed by atoms with E-state index in [9.17, 15) is 14.3 Å². The zero-order valence-corrected chi connectivity index (χ0v) is 16.8. The largest absolute Gasteiger partial charge is 0.465 e. The number of hydrogen-bond acceptors (Lipinski definition) is 2. The monoisotopic (exact) mass is 384 g/mol. The van der Waals surface area contributed by atoms with Crippen LogP contribution in [0.2, 0.25) is 0 Å². The van der Waals surface area contributed by atoms with E-state index in [2.05, 4.69) is 37.8 Å². The van der Waals surface area contributed by atoms with Crippen LogP contribution in [0.1, 0.15) is 39.2 Å². The Hall–Kier alpha value is -2.56. The van der Waals surface area contributed by atoms with Gasteiger partial charge in [-0.05, 0) is 48.1 Å². The van der Waals surface area contributed by atoms with E-state index in [0.29, 0.717) is 13.1 Å². The number of halogens is 1. The van der Waals surface area contributed by atoms with Crippen LogP contribution in [0.5, 0.6) is 0 Å². The second-order valence-corrected chi connectivity index (χ2v) is 8.63.